The lowest BCUT2D eigenvalue weighted by molar-refractivity contribution is -0.329. The molecule has 0 N–H and O–H groups in total. The van der Waals surface area contributed by atoms with Crippen LogP contribution in [0.4, 0.5) is 40.8 Å². The number of hydrogen-bond donors (Lipinski definition) is 0. The third-order valence-corrected chi connectivity index (χ3v) is 4.33. The van der Waals surface area contributed by atoms with Crippen molar-refractivity contribution in [1.82, 2.24) is 0 Å². The Morgan fingerprint density at radius 3 is 1.70 bits per heavy atom. The summed E-state index contributed by atoms with van der Waals surface area (Å²) in [6.07, 6.45) is 0. The SMILES string of the molecule is FC(F)(Cl)C(F)(F)C(F)(F)C(F)(F)C(I)=Nc1ccc(I)cc1. The molecule has 130 valence electrons. The van der Waals surface area contributed by atoms with Gasteiger partial charge in [0, 0.05) is 3.57 Å². The smallest absolute Gasteiger partial charge is 0.240 e. The molecule has 0 saturated heterocycles. The van der Waals surface area contributed by atoms with Crippen LogP contribution in [0.5, 0.6) is 0 Å². The summed E-state index contributed by atoms with van der Waals surface area (Å²) < 4.78 is 104. The van der Waals surface area contributed by atoms with E-state index in [2.05, 4.69) is 16.6 Å². The third kappa shape index (κ3) is 4.02. The van der Waals surface area contributed by atoms with E-state index in [1.165, 1.54) is 12.1 Å². The maximum Gasteiger partial charge on any atom is 0.393 e. The van der Waals surface area contributed by atoms with Gasteiger partial charge in [0.15, 0.2) is 3.72 Å². The van der Waals surface area contributed by atoms with E-state index in [-0.39, 0.29) is 5.69 Å². The Kier molecular flexibility index (Phi) is 6.21. The molecule has 0 bridgehead atoms. The molecule has 1 nitrogen and oxygen atoms in total. The molecule has 23 heavy (non-hydrogen) atoms. The standard InChI is InChI=1S/C11H4ClF8I2N/c12-11(19,20)10(17,18)9(15,16)8(13,14)7(22)23-6-3-1-5(21)2-4-6/h1-4H. The molecule has 12 heteroatoms. The van der Waals surface area contributed by atoms with Crippen LogP contribution in [0.3, 0.4) is 0 Å². The Bertz CT molecular complexity index is 597. The van der Waals surface area contributed by atoms with Gasteiger partial charge in [0.1, 0.15) is 0 Å². The van der Waals surface area contributed by atoms with Crippen LogP contribution < -0.4 is 0 Å². The van der Waals surface area contributed by atoms with Crippen molar-refractivity contribution >= 4 is 66.2 Å². The highest BCUT2D eigenvalue weighted by atomic mass is 127. The molecule has 0 spiro atoms. The van der Waals surface area contributed by atoms with Gasteiger partial charge in [-0.3, -0.25) is 0 Å². The average molecular weight is 591 g/mol. The van der Waals surface area contributed by atoms with Crippen LogP contribution in [0.2, 0.25) is 0 Å². The van der Waals surface area contributed by atoms with E-state index in [1.807, 2.05) is 22.6 Å². The first-order valence-corrected chi connectivity index (χ1v) is 7.88. The van der Waals surface area contributed by atoms with Crippen LogP contribution in [0.1, 0.15) is 0 Å². The van der Waals surface area contributed by atoms with Gasteiger partial charge < -0.3 is 0 Å². The zero-order valence-electron chi connectivity index (χ0n) is 10.4. The minimum Gasteiger partial charge on any atom is -0.240 e. The van der Waals surface area contributed by atoms with E-state index in [4.69, 9.17) is 0 Å². The van der Waals surface area contributed by atoms with E-state index in [0.717, 1.165) is 12.1 Å². The quantitative estimate of drug-likeness (QED) is 0.161. The molecule has 1 rings (SSSR count). The Morgan fingerprint density at radius 1 is 0.870 bits per heavy atom. The van der Waals surface area contributed by atoms with Gasteiger partial charge in [0.25, 0.3) is 0 Å². The topological polar surface area (TPSA) is 12.4 Å². The molecule has 0 saturated carbocycles. The summed E-state index contributed by atoms with van der Waals surface area (Å²) in [5.41, 5.74) is -0.244. The van der Waals surface area contributed by atoms with E-state index >= 15 is 0 Å². The fourth-order valence-corrected chi connectivity index (χ4v) is 2.30. The zero-order chi connectivity index (χ0) is 18.3. The average Bonchev–Trinajstić information content (AvgIpc) is 2.39. The predicted molar refractivity (Wildman–Crippen MR) is 85.9 cm³/mol. The molecule has 0 aromatic heterocycles. The Morgan fingerprint density at radius 2 is 1.30 bits per heavy atom. The van der Waals surface area contributed by atoms with Crippen molar-refractivity contribution in [2.24, 2.45) is 4.99 Å². The highest BCUT2D eigenvalue weighted by Gasteiger charge is 2.81. The maximum absolute atomic E-state index is 13.6. The van der Waals surface area contributed by atoms with Crippen molar-refractivity contribution in [2.75, 3.05) is 0 Å². The van der Waals surface area contributed by atoms with E-state index in [1.54, 1.807) is 0 Å². The Hall–Kier alpha value is 0.0800. The first kappa shape index (κ1) is 21.1. The number of alkyl halides is 9. The Labute approximate surface area is 156 Å². The highest BCUT2D eigenvalue weighted by molar-refractivity contribution is 14.1. The van der Waals surface area contributed by atoms with Crippen molar-refractivity contribution in [3.05, 3.63) is 27.8 Å². The van der Waals surface area contributed by atoms with Gasteiger partial charge in [0.2, 0.25) is 0 Å². The van der Waals surface area contributed by atoms with Gasteiger partial charge in [0.05, 0.1) is 5.69 Å². The lowest BCUT2D eigenvalue weighted by atomic mass is 10.1. The minimum absolute atomic E-state index is 0.244. The van der Waals surface area contributed by atoms with Gasteiger partial charge in [-0.1, -0.05) is 0 Å². The predicted octanol–water partition coefficient (Wildman–Crippen LogP) is 6.49. The molecule has 0 unspecified atom stereocenters. The second-order valence-electron chi connectivity index (χ2n) is 4.10. The van der Waals surface area contributed by atoms with E-state index < -0.39 is 26.9 Å². The first-order valence-electron chi connectivity index (χ1n) is 5.35. The van der Waals surface area contributed by atoms with Crippen molar-refractivity contribution in [1.29, 1.82) is 0 Å². The summed E-state index contributed by atoms with van der Waals surface area (Å²) >= 11 is 6.31. The lowest BCUT2D eigenvalue weighted by Gasteiger charge is -2.33. The monoisotopic (exact) mass is 591 g/mol. The summed E-state index contributed by atoms with van der Waals surface area (Å²) in [4.78, 5) is 3.08. The van der Waals surface area contributed by atoms with Gasteiger partial charge in [-0.25, -0.2) is 4.99 Å². The highest BCUT2D eigenvalue weighted by Crippen LogP contribution is 2.55. The molecule has 0 fully saturated rings. The van der Waals surface area contributed by atoms with Gasteiger partial charge in [-0.05, 0) is 81.0 Å². The van der Waals surface area contributed by atoms with Crippen LogP contribution in [0, 0.1) is 3.57 Å². The van der Waals surface area contributed by atoms with E-state index in [9.17, 15) is 35.1 Å². The Balaban J connectivity index is 3.30. The van der Waals surface area contributed by atoms with Crippen molar-refractivity contribution in [2.45, 2.75) is 23.1 Å². The molecule has 0 radical (unpaired) electrons. The fourth-order valence-electron chi connectivity index (χ4n) is 1.20. The van der Waals surface area contributed by atoms with Crippen molar-refractivity contribution < 1.29 is 35.1 Å². The third-order valence-electron chi connectivity index (χ3n) is 2.46. The number of halogens is 11. The molecule has 0 aliphatic rings. The molecule has 0 aliphatic heterocycles. The fraction of sp³-hybridized carbons (Fsp3) is 0.364. The number of aliphatic imine (C=N–C) groups is 1. The number of rotatable bonds is 5. The molecule has 1 aromatic carbocycles. The molecule has 0 heterocycles. The normalized spacial score (nSPS) is 15.0. The van der Waals surface area contributed by atoms with Crippen LogP contribution in [-0.2, 0) is 0 Å². The van der Waals surface area contributed by atoms with Crippen molar-refractivity contribution in [3.8, 4) is 0 Å². The second-order valence-corrected chi connectivity index (χ2v) is 6.84. The van der Waals surface area contributed by atoms with Crippen LogP contribution in [0.25, 0.3) is 0 Å². The first-order chi connectivity index (χ1) is 10.1. The van der Waals surface area contributed by atoms with Gasteiger partial charge in [-0.2, -0.15) is 35.1 Å². The number of benzene rings is 1. The molecule has 0 atom stereocenters. The molecular weight excluding hydrogens is 587 g/mol. The second kappa shape index (κ2) is 6.77. The largest absolute Gasteiger partial charge is 0.393 e. The number of nitrogens with zero attached hydrogens (tertiary/aromatic N) is 1. The summed E-state index contributed by atoms with van der Waals surface area (Å²) in [5, 5.41) is -5.88. The van der Waals surface area contributed by atoms with Crippen molar-refractivity contribution in [3.63, 3.8) is 0 Å². The summed E-state index contributed by atoms with van der Waals surface area (Å²) in [5.74, 6) is -18.6. The minimum atomic E-state index is -6.50. The molecule has 1 aromatic rings. The molecular formula is C11H4ClF8I2N. The van der Waals surface area contributed by atoms with Crippen LogP contribution in [-0.4, -0.2) is 26.9 Å². The van der Waals surface area contributed by atoms with Crippen LogP contribution in [0.15, 0.2) is 29.3 Å². The maximum atomic E-state index is 13.6. The summed E-state index contributed by atoms with van der Waals surface area (Å²) in [6, 6.07) is 5.09. The molecule has 0 amide bonds. The zero-order valence-corrected chi connectivity index (χ0v) is 15.5. The lowest BCUT2D eigenvalue weighted by Crippen LogP contribution is -2.62. The summed E-state index contributed by atoms with van der Waals surface area (Å²) in [6.45, 7) is 0. The number of hydrogen-bond acceptors (Lipinski definition) is 1. The summed E-state index contributed by atoms with van der Waals surface area (Å²) in [7, 11) is 0. The molecule has 0 aliphatic carbocycles. The van der Waals surface area contributed by atoms with Gasteiger partial charge in [-0.15, -0.1) is 0 Å². The van der Waals surface area contributed by atoms with E-state index in [0.29, 0.717) is 26.2 Å². The van der Waals surface area contributed by atoms with Gasteiger partial charge >= 0.3 is 23.1 Å². The van der Waals surface area contributed by atoms with Crippen LogP contribution >= 0.6 is 56.8 Å².